The van der Waals surface area contributed by atoms with Crippen molar-refractivity contribution >= 4 is 40.7 Å². The van der Waals surface area contributed by atoms with Crippen molar-refractivity contribution in [3.63, 3.8) is 0 Å². The van der Waals surface area contributed by atoms with E-state index in [2.05, 4.69) is 12.2 Å². The average molecular weight is 457 g/mol. The van der Waals surface area contributed by atoms with E-state index < -0.39 is 5.60 Å². The fourth-order valence-corrected chi connectivity index (χ4v) is 3.70. The van der Waals surface area contributed by atoms with E-state index in [0.29, 0.717) is 28.8 Å². The van der Waals surface area contributed by atoms with E-state index >= 15 is 0 Å². The van der Waals surface area contributed by atoms with E-state index in [9.17, 15) is 4.79 Å². The molecule has 0 saturated heterocycles. The maximum atomic E-state index is 12.9. The van der Waals surface area contributed by atoms with Gasteiger partial charge in [0.1, 0.15) is 5.75 Å². The maximum Gasteiger partial charge on any atom is 0.263 e. The van der Waals surface area contributed by atoms with Gasteiger partial charge in [0, 0.05) is 21.6 Å². The lowest BCUT2D eigenvalue weighted by Gasteiger charge is -2.29. The Hall–Kier alpha value is -1.42. The molecule has 0 aliphatic rings. The standard InChI is InChI=1S/C23H28Cl3NO2/c1-3-4-12-23(2,29-21-15-19(25)14-20(26)16-21)22(28)27-13-6-5-7-17-8-10-18(24)11-9-17/h8-11,14-16H,3-7,12-13H2,1-2H3,(H,27,28). The van der Waals surface area contributed by atoms with Gasteiger partial charge in [0.25, 0.3) is 5.91 Å². The first kappa shape index (κ1) is 23.9. The molecule has 1 amide bonds. The number of amides is 1. The molecular formula is C23H28Cl3NO2. The van der Waals surface area contributed by atoms with Gasteiger partial charge in [0.05, 0.1) is 0 Å². The molecule has 0 saturated carbocycles. The lowest BCUT2D eigenvalue weighted by molar-refractivity contribution is -0.136. The minimum Gasteiger partial charge on any atom is -0.478 e. The second-order valence-corrected chi connectivity index (χ2v) is 8.69. The summed E-state index contributed by atoms with van der Waals surface area (Å²) in [5, 5.41) is 4.73. The zero-order chi connectivity index (χ0) is 21.3. The normalized spacial score (nSPS) is 13.0. The number of nitrogens with one attached hydrogen (secondary N) is 1. The second-order valence-electron chi connectivity index (χ2n) is 7.38. The maximum absolute atomic E-state index is 12.9. The molecular weight excluding hydrogens is 429 g/mol. The summed E-state index contributed by atoms with van der Waals surface area (Å²) in [7, 11) is 0. The zero-order valence-electron chi connectivity index (χ0n) is 16.9. The van der Waals surface area contributed by atoms with Crippen molar-refractivity contribution in [1.29, 1.82) is 0 Å². The van der Waals surface area contributed by atoms with Crippen LogP contribution < -0.4 is 10.1 Å². The predicted octanol–water partition coefficient (Wildman–Crippen LogP) is 7.11. The van der Waals surface area contributed by atoms with Gasteiger partial charge in [-0.2, -0.15) is 0 Å². The number of unbranched alkanes of at least 4 members (excludes halogenated alkanes) is 2. The Bertz CT molecular complexity index is 775. The van der Waals surface area contributed by atoms with Crippen LogP contribution in [0, 0.1) is 0 Å². The SMILES string of the molecule is CCCCC(C)(Oc1cc(Cl)cc(Cl)c1)C(=O)NCCCCc1ccc(Cl)cc1. The van der Waals surface area contributed by atoms with Gasteiger partial charge in [0.2, 0.25) is 0 Å². The van der Waals surface area contributed by atoms with Crippen LogP contribution in [0.5, 0.6) is 5.75 Å². The summed E-state index contributed by atoms with van der Waals surface area (Å²) >= 11 is 18.0. The monoisotopic (exact) mass is 455 g/mol. The number of aryl methyl sites for hydroxylation is 1. The molecule has 0 aliphatic heterocycles. The Morgan fingerprint density at radius 3 is 2.24 bits per heavy atom. The van der Waals surface area contributed by atoms with Crippen molar-refractivity contribution in [1.82, 2.24) is 5.32 Å². The van der Waals surface area contributed by atoms with Crippen LogP contribution in [0.15, 0.2) is 42.5 Å². The molecule has 2 aromatic rings. The smallest absolute Gasteiger partial charge is 0.263 e. The van der Waals surface area contributed by atoms with Gasteiger partial charge in [-0.05, 0) is 74.9 Å². The molecule has 2 aromatic carbocycles. The molecule has 2 rings (SSSR count). The lowest BCUT2D eigenvalue weighted by atomic mass is 9.97. The van der Waals surface area contributed by atoms with Crippen LogP contribution in [0.2, 0.25) is 15.1 Å². The van der Waals surface area contributed by atoms with Gasteiger partial charge in [0.15, 0.2) is 5.60 Å². The highest BCUT2D eigenvalue weighted by Crippen LogP contribution is 2.29. The van der Waals surface area contributed by atoms with Crippen molar-refractivity contribution in [3.8, 4) is 5.75 Å². The molecule has 3 nitrogen and oxygen atoms in total. The molecule has 0 aliphatic carbocycles. The van der Waals surface area contributed by atoms with E-state index in [1.165, 1.54) is 5.56 Å². The van der Waals surface area contributed by atoms with E-state index in [0.717, 1.165) is 37.1 Å². The van der Waals surface area contributed by atoms with Crippen molar-refractivity contribution in [2.45, 2.75) is 58.0 Å². The second kappa shape index (κ2) is 11.7. The molecule has 0 radical (unpaired) electrons. The summed E-state index contributed by atoms with van der Waals surface area (Å²) in [5.41, 5.74) is 0.273. The van der Waals surface area contributed by atoms with Crippen LogP contribution in [0.3, 0.4) is 0 Å². The molecule has 158 valence electrons. The summed E-state index contributed by atoms with van der Waals surface area (Å²) in [5.74, 6) is 0.382. The van der Waals surface area contributed by atoms with Crippen LogP contribution in [-0.2, 0) is 11.2 Å². The first-order valence-electron chi connectivity index (χ1n) is 10.0. The third kappa shape index (κ3) is 8.08. The number of hydrogen-bond donors (Lipinski definition) is 1. The fraction of sp³-hybridized carbons (Fsp3) is 0.435. The van der Waals surface area contributed by atoms with Crippen molar-refractivity contribution in [2.75, 3.05) is 6.54 Å². The number of carbonyl (C=O) groups is 1. The molecule has 29 heavy (non-hydrogen) atoms. The summed E-state index contributed by atoms with van der Waals surface area (Å²) in [6.07, 6.45) is 5.31. The van der Waals surface area contributed by atoms with Gasteiger partial charge in [-0.3, -0.25) is 4.79 Å². The number of hydrogen-bond acceptors (Lipinski definition) is 2. The molecule has 0 bridgehead atoms. The van der Waals surface area contributed by atoms with E-state index in [4.69, 9.17) is 39.5 Å². The highest BCUT2D eigenvalue weighted by molar-refractivity contribution is 6.34. The third-order valence-corrected chi connectivity index (χ3v) is 5.45. The third-order valence-electron chi connectivity index (χ3n) is 4.76. The summed E-state index contributed by atoms with van der Waals surface area (Å²) in [6.45, 7) is 4.51. The minimum absolute atomic E-state index is 0.117. The predicted molar refractivity (Wildman–Crippen MR) is 122 cm³/mol. The topological polar surface area (TPSA) is 38.3 Å². The molecule has 1 atom stereocenters. The van der Waals surface area contributed by atoms with Gasteiger partial charge in [-0.1, -0.05) is 60.3 Å². The van der Waals surface area contributed by atoms with Crippen LogP contribution in [-0.4, -0.2) is 18.1 Å². The highest BCUT2D eigenvalue weighted by atomic mass is 35.5. The summed E-state index contributed by atoms with van der Waals surface area (Å²) in [6, 6.07) is 12.9. The lowest BCUT2D eigenvalue weighted by Crippen LogP contribution is -2.49. The van der Waals surface area contributed by atoms with E-state index in [-0.39, 0.29) is 5.91 Å². The van der Waals surface area contributed by atoms with Crippen LogP contribution >= 0.6 is 34.8 Å². The average Bonchev–Trinajstić information content (AvgIpc) is 2.66. The van der Waals surface area contributed by atoms with Crippen molar-refractivity contribution < 1.29 is 9.53 Å². The van der Waals surface area contributed by atoms with Gasteiger partial charge >= 0.3 is 0 Å². The van der Waals surface area contributed by atoms with Gasteiger partial charge in [-0.25, -0.2) is 0 Å². The van der Waals surface area contributed by atoms with E-state index in [1.807, 2.05) is 31.2 Å². The Labute approximate surface area is 188 Å². The summed E-state index contributed by atoms with van der Waals surface area (Å²) < 4.78 is 6.07. The highest BCUT2D eigenvalue weighted by Gasteiger charge is 2.35. The number of halogens is 3. The van der Waals surface area contributed by atoms with Crippen molar-refractivity contribution in [3.05, 3.63) is 63.1 Å². The molecule has 1 unspecified atom stereocenters. The number of rotatable bonds is 11. The number of carbonyl (C=O) groups excluding carboxylic acids is 1. The Kier molecular flexibility index (Phi) is 9.61. The largest absolute Gasteiger partial charge is 0.478 e. The first-order chi connectivity index (χ1) is 13.8. The Morgan fingerprint density at radius 2 is 1.62 bits per heavy atom. The van der Waals surface area contributed by atoms with Gasteiger partial charge < -0.3 is 10.1 Å². The first-order valence-corrected chi connectivity index (χ1v) is 11.1. The molecule has 0 heterocycles. The molecule has 1 N–H and O–H groups in total. The Morgan fingerprint density at radius 1 is 0.966 bits per heavy atom. The number of ether oxygens (including phenoxy) is 1. The Balaban J connectivity index is 1.88. The number of benzene rings is 2. The fourth-order valence-electron chi connectivity index (χ4n) is 3.07. The minimum atomic E-state index is -0.972. The molecule has 0 fully saturated rings. The van der Waals surface area contributed by atoms with Crippen LogP contribution in [0.25, 0.3) is 0 Å². The quantitative estimate of drug-likeness (QED) is 0.366. The zero-order valence-corrected chi connectivity index (χ0v) is 19.2. The molecule has 0 aromatic heterocycles. The van der Waals surface area contributed by atoms with Crippen LogP contribution in [0.4, 0.5) is 0 Å². The molecule has 6 heteroatoms. The van der Waals surface area contributed by atoms with Crippen LogP contribution in [0.1, 0.15) is 51.5 Å². The molecule has 0 spiro atoms. The van der Waals surface area contributed by atoms with Gasteiger partial charge in [-0.15, -0.1) is 0 Å². The van der Waals surface area contributed by atoms with Crippen molar-refractivity contribution in [2.24, 2.45) is 0 Å². The summed E-state index contributed by atoms with van der Waals surface area (Å²) in [4.78, 5) is 12.9. The van der Waals surface area contributed by atoms with E-state index in [1.54, 1.807) is 18.2 Å².